The monoisotopic (exact) mass is 478 g/mol. The molecule has 0 fully saturated rings. The van der Waals surface area contributed by atoms with Gasteiger partial charge in [0.05, 0.1) is 11.8 Å². The molecule has 0 saturated heterocycles. The number of carboxylic acids is 1. The maximum absolute atomic E-state index is 12.9. The third kappa shape index (κ3) is 4.87. The lowest BCUT2D eigenvalue weighted by molar-refractivity contribution is -0.121. The highest BCUT2D eigenvalue weighted by molar-refractivity contribution is 6.02. The van der Waals surface area contributed by atoms with E-state index >= 15 is 0 Å². The number of benzene rings is 2. The molecule has 0 unspecified atom stereocenters. The van der Waals surface area contributed by atoms with Gasteiger partial charge in [-0.1, -0.05) is 48.5 Å². The number of carbonyl (C=O) groups excluding carboxylic acids is 2. The van der Waals surface area contributed by atoms with Crippen LogP contribution in [-0.4, -0.2) is 58.7 Å². The number of aryl methyl sites for hydroxylation is 1. The smallest absolute Gasteiger partial charge is 0.407 e. The largest absolute Gasteiger partial charge is 0.476 e. The SMILES string of the molecule is CO[C@H](C)[C@H](NC(=O)OCC1c2ccccc2-c2ccccc21)C(=O)Nc1cn(C)nc1C(=O)O. The van der Waals surface area contributed by atoms with E-state index in [1.54, 1.807) is 6.92 Å². The van der Waals surface area contributed by atoms with Crippen molar-refractivity contribution in [3.8, 4) is 11.1 Å². The molecular formula is C25H26N4O6. The minimum atomic E-state index is -1.29. The van der Waals surface area contributed by atoms with E-state index in [0.717, 1.165) is 22.3 Å². The summed E-state index contributed by atoms with van der Waals surface area (Å²) in [7, 11) is 2.93. The van der Waals surface area contributed by atoms with Crippen LogP contribution in [0.25, 0.3) is 11.1 Å². The number of anilines is 1. The normalized spacial score (nSPS) is 13.9. The molecule has 0 bridgehead atoms. The Morgan fingerprint density at radius 2 is 1.69 bits per heavy atom. The zero-order valence-corrected chi connectivity index (χ0v) is 19.5. The average Bonchev–Trinajstić information content (AvgIpc) is 3.38. The molecule has 4 rings (SSSR count). The van der Waals surface area contributed by atoms with Crippen molar-refractivity contribution in [2.75, 3.05) is 19.0 Å². The van der Waals surface area contributed by atoms with Crippen molar-refractivity contribution < 1.29 is 29.0 Å². The van der Waals surface area contributed by atoms with Gasteiger partial charge in [0.25, 0.3) is 0 Å². The third-order valence-electron chi connectivity index (χ3n) is 6.03. The summed E-state index contributed by atoms with van der Waals surface area (Å²) in [5.41, 5.74) is 4.04. The first kappa shape index (κ1) is 24.0. The molecule has 0 saturated carbocycles. The number of carboxylic acid groups (broad SMARTS) is 1. The quantitative estimate of drug-likeness (QED) is 0.453. The number of aromatic nitrogens is 2. The second-order valence-electron chi connectivity index (χ2n) is 8.25. The summed E-state index contributed by atoms with van der Waals surface area (Å²) in [6.45, 7) is 1.69. The fourth-order valence-electron chi connectivity index (χ4n) is 4.25. The van der Waals surface area contributed by atoms with Gasteiger partial charge in [-0.05, 0) is 29.2 Å². The van der Waals surface area contributed by atoms with Crippen LogP contribution >= 0.6 is 0 Å². The summed E-state index contributed by atoms with van der Waals surface area (Å²) >= 11 is 0. The van der Waals surface area contributed by atoms with Gasteiger partial charge in [-0.15, -0.1) is 0 Å². The number of alkyl carbamates (subject to hydrolysis) is 1. The predicted molar refractivity (Wildman–Crippen MR) is 127 cm³/mol. The molecular weight excluding hydrogens is 452 g/mol. The van der Waals surface area contributed by atoms with Gasteiger partial charge in [-0.3, -0.25) is 9.48 Å². The number of hydrogen-bond donors (Lipinski definition) is 3. The van der Waals surface area contributed by atoms with Crippen LogP contribution in [0.1, 0.15) is 34.5 Å². The van der Waals surface area contributed by atoms with E-state index in [1.807, 2.05) is 48.5 Å². The van der Waals surface area contributed by atoms with E-state index in [-0.39, 0.29) is 23.9 Å². The van der Waals surface area contributed by atoms with Crippen molar-refractivity contribution in [1.29, 1.82) is 0 Å². The Morgan fingerprint density at radius 1 is 1.09 bits per heavy atom. The Morgan fingerprint density at radius 3 is 2.26 bits per heavy atom. The number of amides is 2. The molecule has 2 atom stereocenters. The molecule has 0 aliphatic heterocycles. The molecule has 2 aromatic carbocycles. The first-order valence-corrected chi connectivity index (χ1v) is 11.0. The Balaban J connectivity index is 1.45. The lowest BCUT2D eigenvalue weighted by Crippen LogP contribution is -2.51. The predicted octanol–water partition coefficient (Wildman–Crippen LogP) is 3.00. The highest BCUT2D eigenvalue weighted by atomic mass is 16.5. The van der Waals surface area contributed by atoms with Crippen LogP contribution in [0.4, 0.5) is 10.5 Å². The summed E-state index contributed by atoms with van der Waals surface area (Å²) in [5.74, 6) is -2.08. The van der Waals surface area contributed by atoms with Crippen LogP contribution in [0, 0.1) is 0 Å². The van der Waals surface area contributed by atoms with E-state index in [2.05, 4.69) is 15.7 Å². The van der Waals surface area contributed by atoms with Gasteiger partial charge in [-0.25, -0.2) is 9.59 Å². The molecule has 0 spiro atoms. The van der Waals surface area contributed by atoms with Gasteiger partial charge < -0.3 is 25.2 Å². The maximum atomic E-state index is 12.9. The lowest BCUT2D eigenvalue weighted by Gasteiger charge is -2.23. The van der Waals surface area contributed by atoms with Gasteiger partial charge in [-0.2, -0.15) is 5.10 Å². The maximum Gasteiger partial charge on any atom is 0.407 e. The number of aromatic carboxylic acids is 1. The summed E-state index contributed by atoms with van der Waals surface area (Å²) in [5, 5.41) is 18.2. The molecule has 10 heteroatoms. The van der Waals surface area contributed by atoms with Crippen LogP contribution < -0.4 is 10.6 Å². The number of ether oxygens (including phenoxy) is 2. The highest BCUT2D eigenvalue weighted by Crippen LogP contribution is 2.44. The van der Waals surface area contributed by atoms with Crippen LogP contribution in [0.2, 0.25) is 0 Å². The number of hydrogen-bond acceptors (Lipinski definition) is 6. The van der Waals surface area contributed by atoms with Crippen molar-refractivity contribution >= 4 is 23.7 Å². The average molecular weight is 479 g/mol. The highest BCUT2D eigenvalue weighted by Gasteiger charge is 2.32. The van der Waals surface area contributed by atoms with Gasteiger partial charge in [0.15, 0.2) is 5.69 Å². The number of methoxy groups -OCH3 is 1. The molecule has 1 heterocycles. The number of nitrogens with zero attached hydrogens (tertiary/aromatic N) is 2. The van der Waals surface area contributed by atoms with Crippen LogP contribution in [0.5, 0.6) is 0 Å². The number of nitrogens with one attached hydrogen (secondary N) is 2. The Bertz CT molecular complexity index is 1220. The molecule has 1 aromatic heterocycles. The minimum Gasteiger partial charge on any atom is -0.476 e. The zero-order chi connectivity index (χ0) is 25.1. The second-order valence-corrected chi connectivity index (χ2v) is 8.25. The van der Waals surface area contributed by atoms with Gasteiger partial charge >= 0.3 is 12.1 Å². The van der Waals surface area contributed by atoms with Gasteiger partial charge in [0.2, 0.25) is 5.91 Å². The van der Waals surface area contributed by atoms with Crippen molar-refractivity contribution in [3.63, 3.8) is 0 Å². The summed E-state index contributed by atoms with van der Waals surface area (Å²) in [6.07, 6.45) is -0.149. The fraction of sp³-hybridized carbons (Fsp3) is 0.280. The van der Waals surface area contributed by atoms with E-state index in [1.165, 1.54) is 25.0 Å². The van der Waals surface area contributed by atoms with Gasteiger partial charge in [0, 0.05) is 26.3 Å². The molecule has 10 nitrogen and oxygen atoms in total. The number of carbonyl (C=O) groups is 3. The zero-order valence-electron chi connectivity index (χ0n) is 19.5. The van der Waals surface area contributed by atoms with Crippen molar-refractivity contribution in [2.24, 2.45) is 7.05 Å². The molecule has 1 aliphatic rings. The standard InChI is InChI=1S/C25H26N4O6/c1-14(34-3)21(23(30)26-20-12-29(2)28-22(20)24(31)32)27-25(33)35-13-19-17-10-6-4-8-15(17)16-9-5-7-11-18(16)19/h4-12,14,19,21H,13H2,1-3H3,(H,26,30)(H,27,33)(H,31,32)/t14-,21+/m1/s1. The Hall–Kier alpha value is -4.18. The Labute approximate surface area is 201 Å². The van der Waals surface area contributed by atoms with E-state index in [9.17, 15) is 19.5 Å². The minimum absolute atomic E-state index is 0.00707. The van der Waals surface area contributed by atoms with E-state index in [4.69, 9.17) is 9.47 Å². The number of fused-ring (bicyclic) bond motifs is 3. The topological polar surface area (TPSA) is 132 Å². The molecule has 3 aromatic rings. The van der Waals surface area contributed by atoms with E-state index in [0.29, 0.717) is 0 Å². The molecule has 0 radical (unpaired) electrons. The second kappa shape index (κ2) is 9.98. The molecule has 1 aliphatic carbocycles. The summed E-state index contributed by atoms with van der Waals surface area (Å²) in [6, 6.07) is 14.8. The van der Waals surface area contributed by atoms with Crippen molar-refractivity contribution in [3.05, 3.63) is 71.5 Å². The first-order valence-electron chi connectivity index (χ1n) is 11.0. The first-order chi connectivity index (χ1) is 16.8. The van der Waals surface area contributed by atoms with E-state index < -0.39 is 30.1 Å². The van der Waals surface area contributed by atoms with Crippen LogP contribution in [0.15, 0.2) is 54.7 Å². The lowest BCUT2D eigenvalue weighted by atomic mass is 9.98. The molecule has 182 valence electrons. The fourth-order valence-corrected chi connectivity index (χ4v) is 4.25. The Kier molecular flexibility index (Phi) is 6.83. The third-order valence-corrected chi connectivity index (χ3v) is 6.03. The number of rotatable bonds is 8. The molecule has 3 N–H and O–H groups in total. The van der Waals surface area contributed by atoms with Crippen LogP contribution in [-0.2, 0) is 21.3 Å². The van der Waals surface area contributed by atoms with Gasteiger partial charge in [0.1, 0.15) is 12.6 Å². The van der Waals surface area contributed by atoms with Crippen molar-refractivity contribution in [1.82, 2.24) is 15.1 Å². The van der Waals surface area contributed by atoms with Crippen LogP contribution in [0.3, 0.4) is 0 Å². The summed E-state index contributed by atoms with van der Waals surface area (Å²) in [4.78, 5) is 37.0. The molecule has 35 heavy (non-hydrogen) atoms. The molecule has 2 amide bonds. The van der Waals surface area contributed by atoms with Crippen molar-refractivity contribution in [2.45, 2.75) is 25.0 Å². The summed E-state index contributed by atoms with van der Waals surface area (Å²) < 4.78 is 12.1.